The minimum atomic E-state index is -0.546. The molecule has 7 heteroatoms. The van der Waals surface area contributed by atoms with Crippen LogP contribution in [0.1, 0.15) is 0 Å². The van der Waals surface area contributed by atoms with E-state index in [1.54, 1.807) is 0 Å². The van der Waals surface area contributed by atoms with Crippen LogP contribution < -0.4 is 4.74 Å². The molecule has 0 aliphatic heterocycles. The molecule has 4 nitrogen and oxygen atoms in total. The number of hydrogen-bond donors (Lipinski definition) is 1. The number of rotatable bonds is 5. The smallest absolute Gasteiger partial charge is 0.313 e. The topological polar surface area (TPSA) is 52.4 Å². The van der Waals surface area contributed by atoms with Gasteiger partial charge in [-0.25, -0.2) is 0 Å². The van der Waals surface area contributed by atoms with Crippen LogP contribution in [0.4, 0.5) is 5.69 Å². The first-order valence-electron chi connectivity index (χ1n) is 4.49. The minimum absolute atomic E-state index is 0.141. The average Bonchev–Trinajstić information content (AvgIpc) is 2.26. The Bertz CT molecular complexity index is 467. The van der Waals surface area contributed by atoms with Crippen molar-refractivity contribution in [3.8, 4) is 5.75 Å². The summed E-state index contributed by atoms with van der Waals surface area (Å²) in [6.45, 7) is 3.87. The summed E-state index contributed by atoms with van der Waals surface area (Å²) in [5.74, 6) is 0.598. The molecule has 92 valence electrons. The van der Waals surface area contributed by atoms with Crippen molar-refractivity contribution in [3.05, 3.63) is 43.9 Å². The second kappa shape index (κ2) is 6.28. The summed E-state index contributed by atoms with van der Waals surface area (Å²) in [6, 6.07) is 2.78. The lowest BCUT2D eigenvalue weighted by Crippen LogP contribution is -2.04. The van der Waals surface area contributed by atoms with Crippen LogP contribution in [0.3, 0.4) is 0 Å². The Labute approximate surface area is 117 Å². The predicted molar refractivity (Wildman–Crippen MR) is 74.3 cm³/mol. The van der Waals surface area contributed by atoms with Gasteiger partial charge in [-0.05, 0) is 27.6 Å². The Kier molecular flexibility index (Phi) is 5.30. The molecule has 17 heavy (non-hydrogen) atoms. The largest absolute Gasteiger partial charge is 0.481 e. The minimum Gasteiger partial charge on any atom is -0.481 e. The normalized spacial score (nSPS) is 10.1. The number of nitro benzene ring substituents is 1. The maximum atomic E-state index is 10.8. The first-order chi connectivity index (χ1) is 7.95. The molecule has 0 amide bonds. The fraction of sp³-hybridized carbons (Fsp3) is 0.200. The van der Waals surface area contributed by atoms with Crippen molar-refractivity contribution in [2.45, 2.75) is 0 Å². The predicted octanol–water partition coefficient (Wildman–Crippen LogP) is 3.88. The third-order valence-corrected chi connectivity index (χ3v) is 3.08. The molecule has 1 aromatic rings. The number of hydrogen-bond acceptors (Lipinski definition) is 4. The average molecular weight is 339 g/mol. The Balaban J connectivity index is 3.04. The molecule has 1 aromatic carbocycles. The van der Waals surface area contributed by atoms with Crippen LogP contribution in [-0.4, -0.2) is 17.3 Å². The van der Waals surface area contributed by atoms with Gasteiger partial charge in [0.15, 0.2) is 0 Å². The van der Waals surface area contributed by atoms with E-state index in [1.807, 2.05) is 0 Å². The molecule has 0 atom stereocenters. The van der Waals surface area contributed by atoms with Crippen molar-refractivity contribution in [2.24, 2.45) is 0 Å². The van der Waals surface area contributed by atoms with Crippen LogP contribution in [0.5, 0.6) is 5.75 Å². The fourth-order valence-corrected chi connectivity index (χ4v) is 2.04. The van der Waals surface area contributed by atoms with Gasteiger partial charge in [-0.2, -0.15) is 12.6 Å². The van der Waals surface area contributed by atoms with Crippen molar-refractivity contribution >= 4 is 45.8 Å². The van der Waals surface area contributed by atoms with Gasteiger partial charge >= 0.3 is 5.69 Å². The van der Waals surface area contributed by atoms with Crippen LogP contribution in [0.15, 0.2) is 28.8 Å². The number of thiol groups is 1. The summed E-state index contributed by atoms with van der Waals surface area (Å²) in [5, 5.41) is 11.1. The van der Waals surface area contributed by atoms with E-state index in [-0.39, 0.29) is 23.1 Å². The maximum Gasteiger partial charge on any atom is 0.313 e. The molecule has 0 bridgehead atoms. The molecule has 0 fully saturated rings. The van der Waals surface area contributed by atoms with E-state index in [0.29, 0.717) is 10.2 Å². The van der Waals surface area contributed by atoms with Crippen molar-refractivity contribution < 1.29 is 9.66 Å². The SMILES string of the molecule is C=C(CS)COc1c(Br)cc(Cl)cc1[N+](=O)[O-]. The molecule has 0 saturated carbocycles. The van der Waals surface area contributed by atoms with Crippen molar-refractivity contribution in [1.29, 1.82) is 0 Å². The highest BCUT2D eigenvalue weighted by molar-refractivity contribution is 9.10. The fourth-order valence-electron chi connectivity index (χ4n) is 1.05. The van der Waals surface area contributed by atoms with E-state index < -0.39 is 4.92 Å². The number of nitrogens with zero attached hydrogens (tertiary/aromatic N) is 1. The molecule has 0 aliphatic rings. The number of nitro groups is 1. The lowest BCUT2D eigenvalue weighted by molar-refractivity contribution is -0.385. The molecule has 0 unspecified atom stereocenters. The zero-order chi connectivity index (χ0) is 13.0. The third kappa shape index (κ3) is 3.90. The van der Waals surface area contributed by atoms with E-state index in [4.69, 9.17) is 16.3 Å². The molecule has 0 N–H and O–H groups in total. The molecule has 0 heterocycles. The summed E-state index contributed by atoms with van der Waals surface area (Å²) in [7, 11) is 0. The van der Waals surface area contributed by atoms with E-state index >= 15 is 0 Å². The van der Waals surface area contributed by atoms with Gasteiger partial charge in [0.2, 0.25) is 5.75 Å². The van der Waals surface area contributed by atoms with Gasteiger partial charge < -0.3 is 4.74 Å². The van der Waals surface area contributed by atoms with Crippen LogP contribution in [0, 0.1) is 10.1 Å². The van der Waals surface area contributed by atoms with Gasteiger partial charge in [-0.15, -0.1) is 0 Å². The Morgan fingerprint density at radius 2 is 2.29 bits per heavy atom. The number of halogens is 2. The van der Waals surface area contributed by atoms with Crippen LogP contribution in [0.25, 0.3) is 0 Å². The molecule has 0 saturated heterocycles. The zero-order valence-corrected chi connectivity index (χ0v) is 11.9. The zero-order valence-electron chi connectivity index (χ0n) is 8.65. The first kappa shape index (κ1) is 14.3. The summed E-state index contributed by atoms with van der Waals surface area (Å²) in [6.07, 6.45) is 0. The third-order valence-electron chi connectivity index (χ3n) is 1.83. The molecule has 1 rings (SSSR count). The highest BCUT2D eigenvalue weighted by Gasteiger charge is 2.20. The number of ether oxygens (including phenoxy) is 1. The second-order valence-corrected chi connectivity index (χ2v) is 4.80. The van der Waals surface area contributed by atoms with Gasteiger partial charge in [0.1, 0.15) is 6.61 Å². The van der Waals surface area contributed by atoms with E-state index in [2.05, 4.69) is 35.1 Å². The quantitative estimate of drug-likeness (QED) is 0.384. The molecule has 0 aromatic heterocycles. The van der Waals surface area contributed by atoms with Crippen LogP contribution in [-0.2, 0) is 0 Å². The van der Waals surface area contributed by atoms with Crippen LogP contribution >= 0.6 is 40.2 Å². The number of benzene rings is 1. The standard InChI is InChI=1S/C10H9BrClNO3S/c1-6(5-17)4-16-10-8(11)2-7(12)3-9(10)13(14)15/h2-3,17H,1,4-5H2. The monoisotopic (exact) mass is 337 g/mol. The lowest BCUT2D eigenvalue weighted by Gasteiger charge is -2.09. The van der Waals surface area contributed by atoms with Crippen molar-refractivity contribution in [2.75, 3.05) is 12.4 Å². The lowest BCUT2D eigenvalue weighted by atomic mass is 10.3. The molecule has 0 spiro atoms. The van der Waals surface area contributed by atoms with Gasteiger partial charge in [-0.3, -0.25) is 10.1 Å². The first-order valence-corrected chi connectivity index (χ1v) is 6.29. The summed E-state index contributed by atoms with van der Waals surface area (Å²) < 4.78 is 5.78. The summed E-state index contributed by atoms with van der Waals surface area (Å²) in [5.41, 5.74) is 0.542. The van der Waals surface area contributed by atoms with Crippen molar-refractivity contribution in [1.82, 2.24) is 0 Å². The highest BCUT2D eigenvalue weighted by atomic mass is 79.9. The Morgan fingerprint density at radius 1 is 1.65 bits per heavy atom. The van der Waals surface area contributed by atoms with E-state index in [0.717, 1.165) is 5.57 Å². The molecule has 0 aliphatic carbocycles. The van der Waals surface area contributed by atoms with Gasteiger partial charge in [0.05, 0.1) is 9.40 Å². The molecule has 0 radical (unpaired) electrons. The van der Waals surface area contributed by atoms with Crippen LogP contribution in [0.2, 0.25) is 5.02 Å². The Hall–Kier alpha value is -0.720. The van der Waals surface area contributed by atoms with E-state index in [9.17, 15) is 10.1 Å². The van der Waals surface area contributed by atoms with Gasteiger partial charge in [0, 0.05) is 16.8 Å². The van der Waals surface area contributed by atoms with E-state index in [1.165, 1.54) is 12.1 Å². The summed E-state index contributed by atoms with van der Waals surface area (Å²) >= 11 is 12.9. The summed E-state index contributed by atoms with van der Waals surface area (Å²) in [4.78, 5) is 10.3. The molecular formula is C10H9BrClNO3S. The van der Waals surface area contributed by atoms with Gasteiger partial charge in [0.25, 0.3) is 0 Å². The second-order valence-electron chi connectivity index (χ2n) is 3.19. The van der Waals surface area contributed by atoms with Crippen molar-refractivity contribution in [3.63, 3.8) is 0 Å². The van der Waals surface area contributed by atoms with Gasteiger partial charge in [-0.1, -0.05) is 18.2 Å². The molecular weight excluding hydrogens is 330 g/mol. The highest BCUT2D eigenvalue weighted by Crippen LogP contribution is 2.38. The Morgan fingerprint density at radius 3 is 2.82 bits per heavy atom. The maximum absolute atomic E-state index is 10.8.